The minimum Gasteiger partial charge on any atom is -0.391 e. The first-order valence-electron chi connectivity index (χ1n) is 3.91. The maximum Gasteiger partial charge on any atom is 0.0705 e. The average molecular weight is 309 g/mol. The molecule has 0 heterocycles. The van der Waals surface area contributed by atoms with Gasteiger partial charge >= 0.3 is 0 Å². The molecule has 0 radical (unpaired) electrons. The largest absolute Gasteiger partial charge is 0.391 e. The maximum absolute atomic E-state index is 9.31. The fraction of sp³-hybridized carbons (Fsp3) is 0.333. The molecule has 0 aliphatic heterocycles. The van der Waals surface area contributed by atoms with Crippen LogP contribution in [0.4, 0.5) is 0 Å². The molecule has 1 aromatic rings. The molecule has 0 aromatic heterocycles. The summed E-state index contributed by atoms with van der Waals surface area (Å²) in [6.45, 7) is 1.68. The molecule has 0 amide bonds. The van der Waals surface area contributed by atoms with Gasteiger partial charge in [-0.05, 0) is 24.6 Å². The van der Waals surface area contributed by atoms with Crippen molar-refractivity contribution in [2.45, 2.75) is 19.1 Å². The molecule has 0 unspecified atom stereocenters. The fourth-order valence-electron chi connectivity index (χ4n) is 1.03. The summed E-state index contributed by atoms with van der Waals surface area (Å²) in [5.41, 5.74) is 6.71. The molecule has 0 aliphatic carbocycles. The molecule has 3 N–H and O–H groups in total. The quantitative estimate of drug-likeness (QED) is 0.882. The van der Waals surface area contributed by atoms with E-state index in [2.05, 4.69) is 31.9 Å². The minimum absolute atomic E-state index is 0.345. The Labute approximate surface area is 94.4 Å². The van der Waals surface area contributed by atoms with Crippen molar-refractivity contribution in [1.82, 2.24) is 0 Å². The van der Waals surface area contributed by atoms with E-state index in [4.69, 9.17) is 5.73 Å². The van der Waals surface area contributed by atoms with Crippen LogP contribution in [0.3, 0.4) is 0 Å². The Balaban J connectivity index is 3.01. The zero-order chi connectivity index (χ0) is 10.0. The van der Waals surface area contributed by atoms with Crippen molar-refractivity contribution < 1.29 is 5.11 Å². The molecule has 0 saturated carbocycles. The van der Waals surface area contributed by atoms with Crippen LogP contribution in [0, 0.1) is 0 Å². The maximum atomic E-state index is 9.31. The van der Waals surface area contributed by atoms with E-state index in [9.17, 15) is 5.11 Å². The van der Waals surface area contributed by atoms with E-state index in [1.54, 1.807) is 6.92 Å². The summed E-state index contributed by atoms with van der Waals surface area (Å²) in [6, 6.07) is 5.37. The van der Waals surface area contributed by atoms with Crippen LogP contribution < -0.4 is 5.73 Å². The van der Waals surface area contributed by atoms with Gasteiger partial charge in [-0.2, -0.15) is 0 Å². The Kier molecular flexibility index (Phi) is 3.91. The molecule has 4 heteroatoms. The van der Waals surface area contributed by atoms with E-state index in [1.165, 1.54) is 0 Å². The highest BCUT2D eigenvalue weighted by molar-refractivity contribution is 9.11. The molecule has 2 atom stereocenters. The van der Waals surface area contributed by atoms with Gasteiger partial charge in [-0.25, -0.2) is 0 Å². The van der Waals surface area contributed by atoms with E-state index in [0.29, 0.717) is 0 Å². The first-order chi connectivity index (χ1) is 6.02. The van der Waals surface area contributed by atoms with Gasteiger partial charge in [0, 0.05) is 8.95 Å². The van der Waals surface area contributed by atoms with Gasteiger partial charge in [-0.3, -0.25) is 0 Å². The predicted molar refractivity (Wildman–Crippen MR) is 60.5 cm³/mol. The smallest absolute Gasteiger partial charge is 0.0705 e. The van der Waals surface area contributed by atoms with Crippen LogP contribution in [0.5, 0.6) is 0 Å². The highest BCUT2D eigenvalue weighted by atomic mass is 79.9. The first kappa shape index (κ1) is 11.2. The number of benzene rings is 1. The number of halogens is 2. The fourth-order valence-corrected chi connectivity index (χ4v) is 2.34. The zero-order valence-electron chi connectivity index (χ0n) is 7.17. The summed E-state index contributed by atoms with van der Waals surface area (Å²) in [5, 5.41) is 9.31. The van der Waals surface area contributed by atoms with Crippen molar-refractivity contribution in [3.05, 3.63) is 32.7 Å². The molecule has 1 aromatic carbocycles. The van der Waals surface area contributed by atoms with Crippen molar-refractivity contribution in [2.24, 2.45) is 5.73 Å². The van der Waals surface area contributed by atoms with Crippen LogP contribution in [0.2, 0.25) is 0 Å². The molecule has 0 fully saturated rings. The van der Waals surface area contributed by atoms with E-state index in [1.807, 2.05) is 18.2 Å². The number of aliphatic hydroxyl groups is 1. The SMILES string of the molecule is C[C@@H](O)[C@@H](N)c1ccc(Br)cc1Br. The Morgan fingerprint density at radius 1 is 1.38 bits per heavy atom. The van der Waals surface area contributed by atoms with Gasteiger partial charge in [0.05, 0.1) is 12.1 Å². The molecule has 72 valence electrons. The number of hydrogen-bond acceptors (Lipinski definition) is 2. The van der Waals surface area contributed by atoms with E-state index in [-0.39, 0.29) is 6.04 Å². The summed E-state index contributed by atoms with van der Waals surface area (Å²) in [7, 11) is 0. The lowest BCUT2D eigenvalue weighted by Gasteiger charge is -2.16. The number of nitrogens with two attached hydrogens (primary N) is 1. The lowest BCUT2D eigenvalue weighted by molar-refractivity contribution is 0.164. The third-order valence-electron chi connectivity index (χ3n) is 1.84. The second-order valence-corrected chi connectivity index (χ2v) is 4.70. The predicted octanol–water partition coefficient (Wildman–Crippen LogP) is 2.59. The Hall–Kier alpha value is 0.1000. The minimum atomic E-state index is -0.544. The third-order valence-corrected chi connectivity index (χ3v) is 3.02. The molecule has 0 bridgehead atoms. The van der Waals surface area contributed by atoms with Gasteiger partial charge in [0.15, 0.2) is 0 Å². The summed E-state index contributed by atoms with van der Waals surface area (Å²) >= 11 is 6.74. The van der Waals surface area contributed by atoms with E-state index >= 15 is 0 Å². The van der Waals surface area contributed by atoms with E-state index < -0.39 is 6.10 Å². The van der Waals surface area contributed by atoms with Gasteiger partial charge in [0.2, 0.25) is 0 Å². The van der Waals surface area contributed by atoms with Gasteiger partial charge < -0.3 is 10.8 Å². The van der Waals surface area contributed by atoms with E-state index in [0.717, 1.165) is 14.5 Å². The summed E-state index contributed by atoms with van der Waals surface area (Å²) in [5.74, 6) is 0. The van der Waals surface area contributed by atoms with Crippen LogP contribution in [-0.4, -0.2) is 11.2 Å². The molecule has 1 rings (SSSR count). The van der Waals surface area contributed by atoms with Crippen LogP contribution >= 0.6 is 31.9 Å². The zero-order valence-corrected chi connectivity index (χ0v) is 10.3. The first-order valence-corrected chi connectivity index (χ1v) is 5.49. The van der Waals surface area contributed by atoms with Gasteiger partial charge in [-0.15, -0.1) is 0 Å². The van der Waals surface area contributed by atoms with Crippen LogP contribution in [-0.2, 0) is 0 Å². The van der Waals surface area contributed by atoms with Crippen molar-refractivity contribution in [3.8, 4) is 0 Å². The number of aliphatic hydroxyl groups excluding tert-OH is 1. The van der Waals surface area contributed by atoms with Crippen LogP contribution in [0.25, 0.3) is 0 Å². The molecular formula is C9H11Br2NO. The number of hydrogen-bond donors (Lipinski definition) is 2. The second kappa shape index (κ2) is 4.55. The molecule has 0 aliphatic rings. The van der Waals surface area contributed by atoms with Crippen molar-refractivity contribution >= 4 is 31.9 Å². The summed E-state index contributed by atoms with van der Waals surface area (Å²) in [6.07, 6.45) is -0.544. The third kappa shape index (κ3) is 2.77. The van der Waals surface area contributed by atoms with Gasteiger partial charge in [-0.1, -0.05) is 37.9 Å². The van der Waals surface area contributed by atoms with Crippen molar-refractivity contribution in [2.75, 3.05) is 0 Å². The summed E-state index contributed by atoms with van der Waals surface area (Å²) in [4.78, 5) is 0. The Bertz CT molecular complexity index is 302. The van der Waals surface area contributed by atoms with Gasteiger partial charge in [0.1, 0.15) is 0 Å². The second-order valence-electron chi connectivity index (χ2n) is 2.93. The highest BCUT2D eigenvalue weighted by Crippen LogP contribution is 2.27. The Morgan fingerprint density at radius 2 is 2.00 bits per heavy atom. The van der Waals surface area contributed by atoms with Crippen molar-refractivity contribution in [1.29, 1.82) is 0 Å². The lowest BCUT2D eigenvalue weighted by Crippen LogP contribution is -2.23. The lowest BCUT2D eigenvalue weighted by atomic mass is 10.0. The highest BCUT2D eigenvalue weighted by Gasteiger charge is 2.14. The van der Waals surface area contributed by atoms with Crippen LogP contribution in [0.1, 0.15) is 18.5 Å². The normalized spacial score (nSPS) is 15.5. The summed E-state index contributed by atoms with van der Waals surface area (Å²) < 4.78 is 1.90. The molecule has 13 heavy (non-hydrogen) atoms. The Morgan fingerprint density at radius 3 is 2.46 bits per heavy atom. The standard InChI is InChI=1S/C9H11Br2NO/c1-5(13)9(12)7-3-2-6(10)4-8(7)11/h2-5,9,13H,12H2,1H3/t5-,9-/m1/s1. The monoisotopic (exact) mass is 307 g/mol. The van der Waals surface area contributed by atoms with Crippen molar-refractivity contribution in [3.63, 3.8) is 0 Å². The van der Waals surface area contributed by atoms with Gasteiger partial charge in [0.25, 0.3) is 0 Å². The number of rotatable bonds is 2. The molecule has 2 nitrogen and oxygen atoms in total. The van der Waals surface area contributed by atoms with Crippen LogP contribution in [0.15, 0.2) is 27.1 Å². The molecular weight excluding hydrogens is 298 g/mol. The topological polar surface area (TPSA) is 46.2 Å². The molecule has 0 saturated heterocycles. The molecule has 0 spiro atoms. The average Bonchev–Trinajstić information content (AvgIpc) is 2.03.